The first kappa shape index (κ1) is 10.1. The molecule has 13 heavy (non-hydrogen) atoms. The molecule has 1 rings (SSSR count). The summed E-state index contributed by atoms with van der Waals surface area (Å²) in [6.45, 7) is 6.47. The maximum atomic E-state index is 3.38. The lowest BCUT2D eigenvalue weighted by molar-refractivity contribution is 0.540. The lowest BCUT2D eigenvalue weighted by atomic mass is 10.1. The second-order valence-electron chi connectivity index (χ2n) is 3.68. The molecule has 0 unspecified atom stereocenters. The third kappa shape index (κ3) is 4.58. The van der Waals surface area contributed by atoms with Gasteiger partial charge in [0.2, 0.25) is 0 Å². The van der Waals surface area contributed by atoms with E-state index in [0.29, 0.717) is 0 Å². The van der Waals surface area contributed by atoms with Gasteiger partial charge < -0.3 is 16.2 Å². The lowest BCUT2D eigenvalue weighted by Gasteiger charge is -2.14. The SMILES string of the molecule is CC(C)CCNCC1=CC=CNN1.[HH]. The molecule has 1 aliphatic heterocycles. The minimum atomic E-state index is 0. The molecule has 0 amide bonds. The van der Waals surface area contributed by atoms with Gasteiger partial charge in [-0.1, -0.05) is 13.8 Å². The van der Waals surface area contributed by atoms with Crippen LogP contribution in [0.1, 0.15) is 21.7 Å². The van der Waals surface area contributed by atoms with Crippen molar-refractivity contribution in [3.05, 3.63) is 24.0 Å². The third-order valence-electron chi connectivity index (χ3n) is 1.92. The van der Waals surface area contributed by atoms with Crippen molar-refractivity contribution in [3.63, 3.8) is 0 Å². The summed E-state index contributed by atoms with van der Waals surface area (Å²) in [7, 11) is 0. The molecule has 1 heterocycles. The molecule has 0 spiro atoms. The summed E-state index contributed by atoms with van der Waals surface area (Å²) in [6, 6.07) is 0. The monoisotopic (exact) mass is 183 g/mol. The van der Waals surface area contributed by atoms with Crippen molar-refractivity contribution >= 4 is 0 Å². The molecular weight excluding hydrogens is 162 g/mol. The lowest BCUT2D eigenvalue weighted by Crippen LogP contribution is -2.34. The fourth-order valence-electron chi connectivity index (χ4n) is 1.11. The summed E-state index contributed by atoms with van der Waals surface area (Å²) < 4.78 is 0. The predicted molar refractivity (Wildman–Crippen MR) is 57.9 cm³/mol. The van der Waals surface area contributed by atoms with E-state index >= 15 is 0 Å². The normalized spacial score (nSPS) is 15.2. The Kier molecular flexibility index (Phi) is 4.40. The third-order valence-corrected chi connectivity index (χ3v) is 1.92. The number of hydrogen-bond donors (Lipinski definition) is 3. The van der Waals surface area contributed by atoms with Gasteiger partial charge in [-0.15, -0.1) is 0 Å². The molecular formula is C10H21N3. The Labute approximate surface area is 81.7 Å². The molecule has 0 radical (unpaired) electrons. The van der Waals surface area contributed by atoms with Crippen molar-refractivity contribution in [2.24, 2.45) is 5.92 Å². The van der Waals surface area contributed by atoms with Crippen LogP contribution in [-0.2, 0) is 0 Å². The van der Waals surface area contributed by atoms with Gasteiger partial charge in [-0.3, -0.25) is 0 Å². The molecule has 3 nitrogen and oxygen atoms in total. The zero-order valence-electron chi connectivity index (χ0n) is 8.43. The zero-order valence-corrected chi connectivity index (χ0v) is 8.43. The Morgan fingerprint density at radius 3 is 3.00 bits per heavy atom. The number of hydrogen-bond acceptors (Lipinski definition) is 3. The smallest absolute Gasteiger partial charge is 0.0452 e. The molecule has 0 saturated carbocycles. The van der Waals surface area contributed by atoms with E-state index in [1.54, 1.807) is 0 Å². The molecule has 0 saturated heterocycles. The second kappa shape index (κ2) is 5.65. The van der Waals surface area contributed by atoms with E-state index in [4.69, 9.17) is 0 Å². The van der Waals surface area contributed by atoms with Crippen LogP contribution in [0.5, 0.6) is 0 Å². The number of rotatable bonds is 5. The van der Waals surface area contributed by atoms with Gasteiger partial charge in [0.1, 0.15) is 0 Å². The maximum Gasteiger partial charge on any atom is 0.0452 e. The minimum absolute atomic E-state index is 0. The Hall–Kier alpha value is -0.960. The van der Waals surface area contributed by atoms with Gasteiger partial charge in [0.15, 0.2) is 0 Å². The van der Waals surface area contributed by atoms with Crippen LogP contribution in [0, 0.1) is 5.92 Å². The van der Waals surface area contributed by atoms with Crippen molar-refractivity contribution in [1.29, 1.82) is 0 Å². The largest absolute Gasteiger partial charge is 0.311 e. The molecule has 0 bridgehead atoms. The standard InChI is InChI=1S/C10H19N3.H2/c1-9(2)5-7-11-8-10-4-3-6-12-13-10;/h3-4,6,9,11-13H,5,7-8H2,1-2H3;1H. The van der Waals surface area contributed by atoms with E-state index < -0.39 is 0 Å². The second-order valence-corrected chi connectivity index (χ2v) is 3.68. The minimum Gasteiger partial charge on any atom is -0.311 e. The zero-order chi connectivity index (χ0) is 9.52. The number of hydrazine groups is 1. The molecule has 0 aliphatic carbocycles. The summed E-state index contributed by atoms with van der Waals surface area (Å²) >= 11 is 0. The van der Waals surface area contributed by atoms with Crippen molar-refractivity contribution in [3.8, 4) is 0 Å². The van der Waals surface area contributed by atoms with Gasteiger partial charge >= 0.3 is 0 Å². The molecule has 0 atom stereocenters. The first-order valence-electron chi connectivity index (χ1n) is 4.87. The van der Waals surface area contributed by atoms with Crippen molar-refractivity contribution in [1.82, 2.24) is 16.2 Å². The predicted octanol–water partition coefficient (Wildman–Crippen LogP) is 1.37. The highest BCUT2D eigenvalue weighted by Crippen LogP contribution is 1.97. The van der Waals surface area contributed by atoms with E-state index in [9.17, 15) is 0 Å². The maximum absolute atomic E-state index is 3.38. The summed E-state index contributed by atoms with van der Waals surface area (Å²) in [5.41, 5.74) is 7.20. The summed E-state index contributed by atoms with van der Waals surface area (Å²) in [5.74, 6) is 0.777. The number of allylic oxidation sites excluding steroid dienone is 2. The van der Waals surface area contributed by atoms with E-state index in [1.807, 2.05) is 12.3 Å². The van der Waals surface area contributed by atoms with Crippen LogP contribution in [0.4, 0.5) is 0 Å². The van der Waals surface area contributed by atoms with E-state index in [0.717, 1.165) is 19.0 Å². The molecule has 3 N–H and O–H groups in total. The molecule has 0 aromatic heterocycles. The molecule has 76 valence electrons. The van der Waals surface area contributed by atoms with Crippen LogP contribution >= 0.6 is 0 Å². The molecule has 0 fully saturated rings. The molecule has 0 aromatic rings. The van der Waals surface area contributed by atoms with Crippen molar-refractivity contribution in [2.45, 2.75) is 20.3 Å². The highest BCUT2D eigenvalue weighted by Gasteiger charge is 1.97. The highest BCUT2D eigenvalue weighted by molar-refractivity contribution is 5.14. The molecule has 0 aromatic carbocycles. The van der Waals surface area contributed by atoms with Gasteiger partial charge in [-0.05, 0) is 31.0 Å². The average Bonchev–Trinajstić information content (AvgIpc) is 2.14. The van der Waals surface area contributed by atoms with Gasteiger partial charge in [0, 0.05) is 19.9 Å². The first-order valence-corrected chi connectivity index (χ1v) is 4.87. The number of nitrogens with one attached hydrogen (secondary N) is 3. The summed E-state index contributed by atoms with van der Waals surface area (Å²) in [6.07, 6.45) is 7.17. The Morgan fingerprint density at radius 1 is 1.54 bits per heavy atom. The van der Waals surface area contributed by atoms with Gasteiger partial charge in [0.05, 0.1) is 0 Å². The molecule has 1 aliphatic rings. The van der Waals surface area contributed by atoms with Crippen LogP contribution in [0.15, 0.2) is 24.0 Å². The highest BCUT2D eigenvalue weighted by atomic mass is 15.4. The molecule has 3 heteroatoms. The summed E-state index contributed by atoms with van der Waals surface area (Å²) in [5, 5.41) is 3.38. The van der Waals surface area contributed by atoms with E-state index in [2.05, 4.69) is 36.1 Å². The fourth-order valence-corrected chi connectivity index (χ4v) is 1.11. The van der Waals surface area contributed by atoms with Crippen LogP contribution in [0.3, 0.4) is 0 Å². The van der Waals surface area contributed by atoms with Crippen molar-refractivity contribution < 1.29 is 1.43 Å². The van der Waals surface area contributed by atoms with Crippen molar-refractivity contribution in [2.75, 3.05) is 13.1 Å². The van der Waals surface area contributed by atoms with Crippen LogP contribution < -0.4 is 16.2 Å². The van der Waals surface area contributed by atoms with Gasteiger partial charge in [-0.2, -0.15) is 0 Å². The first-order chi connectivity index (χ1) is 6.29. The van der Waals surface area contributed by atoms with Gasteiger partial charge in [0.25, 0.3) is 0 Å². The fraction of sp³-hybridized carbons (Fsp3) is 0.600. The van der Waals surface area contributed by atoms with Crippen LogP contribution in [0.2, 0.25) is 0 Å². The van der Waals surface area contributed by atoms with Gasteiger partial charge in [-0.25, -0.2) is 0 Å². The Morgan fingerprint density at radius 2 is 2.38 bits per heavy atom. The summed E-state index contributed by atoms with van der Waals surface area (Å²) in [4.78, 5) is 0. The average molecular weight is 183 g/mol. The Balaban J connectivity index is 0.00000169. The quantitative estimate of drug-likeness (QED) is 0.563. The Bertz CT molecular complexity index is 200. The van der Waals surface area contributed by atoms with Crippen LogP contribution in [-0.4, -0.2) is 13.1 Å². The van der Waals surface area contributed by atoms with E-state index in [-0.39, 0.29) is 1.43 Å². The van der Waals surface area contributed by atoms with E-state index in [1.165, 1.54) is 12.1 Å². The van der Waals surface area contributed by atoms with Crippen LogP contribution in [0.25, 0.3) is 0 Å². The topological polar surface area (TPSA) is 36.1 Å².